The van der Waals surface area contributed by atoms with E-state index in [0.717, 1.165) is 11.2 Å². The molecule has 1 saturated carbocycles. The Morgan fingerprint density at radius 1 is 1.11 bits per heavy atom. The van der Waals surface area contributed by atoms with Gasteiger partial charge in [-0.25, -0.2) is 4.98 Å². The fourth-order valence-corrected chi connectivity index (χ4v) is 3.74. The molecular formula is C15H13N3S. The van der Waals surface area contributed by atoms with Gasteiger partial charge in [-0.3, -0.25) is 4.98 Å². The largest absolute Gasteiger partial charge is 0.399 e. The maximum Gasteiger partial charge on any atom is 0.104 e. The van der Waals surface area contributed by atoms with Crippen LogP contribution in [0.3, 0.4) is 0 Å². The molecule has 0 amide bonds. The molecule has 1 aliphatic carbocycles. The number of nitrogens with two attached hydrogens (primary N) is 1. The van der Waals surface area contributed by atoms with E-state index in [1.165, 1.54) is 28.1 Å². The number of rotatable bonds is 2. The number of nitrogen functional groups attached to an aromatic ring is 1. The third-order valence-corrected chi connectivity index (χ3v) is 5.05. The van der Waals surface area contributed by atoms with E-state index in [0.29, 0.717) is 0 Å². The molecule has 1 aromatic carbocycles. The second kappa shape index (κ2) is 3.78. The zero-order valence-electron chi connectivity index (χ0n) is 10.3. The van der Waals surface area contributed by atoms with Crippen LogP contribution in [0.1, 0.15) is 23.4 Å². The van der Waals surface area contributed by atoms with Gasteiger partial charge in [0.15, 0.2) is 0 Å². The lowest BCUT2D eigenvalue weighted by molar-refractivity contribution is 0.837. The summed E-state index contributed by atoms with van der Waals surface area (Å²) in [6.45, 7) is 0. The summed E-state index contributed by atoms with van der Waals surface area (Å²) in [7, 11) is 0. The third kappa shape index (κ3) is 1.64. The number of aromatic nitrogens is 2. The van der Waals surface area contributed by atoms with Crippen LogP contribution < -0.4 is 5.73 Å². The zero-order chi connectivity index (χ0) is 12.9. The van der Waals surface area contributed by atoms with Gasteiger partial charge in [0.1, 0.15) is 5.01 Å². The molecule has 2 heterocycles. The van der Waals surface area contributed by atoms with Gasteiger partial charge < -0.3 is 5.73 Å². The molecular weight excluding hydrogens is 254 g/mol. The van der Waals surface area contributed by atoms with E-state index in [1.54, 1.807) is 11.3 Å². The standard InChI is InChI=1S/C15H13N3S/c16-11-3-1-10(2-4-11)15(6-7-15)14-18-12-9-17-8-5-13(12)19-14/h1-5,8-9H,6-7,16H2. The van der Waals surface area contributed by atoms with Gasteiger partial charge in [0.05, 0.1) is 16.4 Å². The number of hydrogen-bond donors (Lipinski definition) is 1. The Bertz CT molecular complexity index is 708. The molecule has 1 fully saturated rings. The summed E-state index contributed by atoms with van der Waals surface area (Å²) in [4.78, 5) is 8.91. The summed E-state index contributed by atoms with van der Waals surface area (Å²) in [5, 5.41) is 1.21. The lowest BCUT2D eigenvalue weighted by atomic mass is 9.96. The number of benzene rings is 1. The molecule has 19 heavy (non-hydrogen) atoms. The SMILES string of the molecule is Nc1ccc(C2(c3nc4cnccc4s3)CC2)cc1. The summed E-state index contributed by atoms with van der Waals surface area (Å²) in [6.07, 6.45) is 6.01. The van der Waals surface area contributed by atoms with Crippen LogP contribution in [0.25, 0.3) is 10.2 Å². The first-order valence-electron chi connectivity index (χ1n) is 6.35. The van der Waals surface area contributed by atoms with Gasteiger partial charge in [-0.15, -0.1) is 11.3 Å². The van der Waals surface area contributed by atoms with Crippen LogP contribution in [0, 0.1) is 0 Å². The first-order chi connectivity index (χ1) is 9.28. The van der Waals surface area contributed by atoms with Crippen LogP contribution in [-0.2, 0) is 5.41 Å². The van der Waals surface area contributed by atoms with Crippen LogP contribution in [0.2, 0.25) is 0 Å². The molecule has 4 heteroatoms. The molecule has 94 valence electrons. The summed E-state index contributed by atoms with van der Waals surface area (Å²) in [6, 6.07) is 10.3. The van der Waals surface area contributed by atoms with Crippen molar-refractivity contribution in [1.82, 2.24) is 9.97 Å². The van der Waals surface area contributed by atoms with Crippen molar-refractivity contribution in [1.29, 1.82) is 0 Å². The Morgan fingerprint density at radius 2 is 1.89 bits per heavy atom. The van der Waals surface area contributed by atoms with Crippen LogP contribution in [0.5, 0.6) is 0 Å². The van der Waals surface area contributed by atoms with Gasteiger partial charge in [0.25, 0.3) is 0 Å². The Kier molecular flexibility index (Phi) is 2.17. The number of nitrogens with zero attached hydrogens (tertiary/aromatic N) is 2. The predicted octanol–water partition coefficient (Wildman–Crippen LogP) is 3.35. The van der Waals surface area contributed by atoms with Crippen molar-refractivity contribution in [3.8, 4) is 0 Å². The van der Waals surface area contributed by atoms with Gasteiger partial charge in [0.2, 0.25) is 0 Å². The van der Waals surface area contributed by atoms with Gasteiger partial charge >= 0.3 is 0 Å². The van der Waals surface area contributed by atoms with Gasteiger partial charge in [-0.05, 0) is 36.6 Å². The lowest BCUT2D eigenvalue weighted by Gasteiger charge is -2.12. The summed E-state index contributed by atoms with van der Waals surface area (Å²) < 4.78 is 1.21. The van der Waals surface area contributed by atoms with Crippen molar-refractivity contribution in [2.75, 3.05) is 5.73 Å². The van der Waals surface area contributed by atoms with Crippen LogP contribution in [0.4, 0.5) is 5.69 Å². The fraction of sp³-hybridized carbons (Fsp3) is 0.200. The highest BCUT2D eigenvalue weighted by Crippen LogP contribution is 2.55. The fourth-order valence-electron chi connectivity index (χ4n) is 2.54. The summed E-state index contributed by atoms with van der Waals surface area (Å²) in [5.41, 5.74) is 9.04. The minimum absolute atomic E-state index is 0.122. The second-order valence-electron chi connectivity index (χ2n) is 5.07. The predicted molar refractivity (Wildman–Crippen MR) is 78.3 cm³/mol. The van der Waals surface area contributed by atoms with E-state index < -0.39 is 0 Å². The number of fused-ring (bicyclic) bond motifs is 1. The highest BCUT2D eigenvalue weighted by molar-refractivity contribution is 7.18. The molecule has 3 aromatic rings. The van der Waals surface area contributed by atoms with Crippen molar-refractivity contribution < 1.29 is 0 Å². The van der Waals surface area contributed by atoms with Crippen molar-refractivity contribution in [3.63, 3.8) is 0 Å². The van der Waals surface area contributed by atoms with E-state index in [1.807, 2.05) is 30.6 Å². The highest BCUT2D eigenvalue weighted by atomic mass is 32.1. The molecule has 0 aliphatic heterocycles. The molecule has 0 bridgehead atoms. The monoisotopic (exact) mass is 267 g/mol. The smallest absolute Gasteiger partial charge is 0.104 e. The molecule has 1 aliphatic rings. The van der Waals surface area contributed by atoms with Crippen molar-refractivity contribution in [2.45, 2.75) is 18.3 Å². The maximum atomic E-state index is 5.77. The van der Waals surface area contributed by atoms with Crippen molar-refractivity contribution >= 4 is 27.2 Å². The minimum Gasteiger partial charge on any atom is -0.399 e. The van der Waals surface area contributed by atoms with E-state index in [9.17, 15) is 0 Å². The average Bonchev–Trinajstić information content (AvgIpc) is 3.13. The Labute approximate surface area is 115 Å². The van der Waals surface area contributed by atoms with E-state index in [-0.39, 0.29) is 5.41 Å². The Balaban J connectivity index is 1.84. The van der Waals surface area contributed by atoms with Crippen molar-refractivity contribution in [3.05, 3.63) is 53.3 Å². The number of thiazole rings is 1. The first-order valence-corrected chi connectivity index (χ1v) is 7.17. The summed E-state index contributed by atoms with van der Waals surface area (Å²) >= 11 is 1.78. The molecule has 2 aromatic heterocycles. The molecule has 4 rings (SSSR count). The first kappa shape index (κ1) is 10.9. The van der Waals surface area contributed by atoms with Gasteiger partial charge in [-0.1, -0.05) is 12.1 Å². The van der Waals surface area contributed by atoms with Crippen molar-refractivity contribution in [2.24, 2.45) is 0 Å². The maximum absolute atomic E-state index is 5.77. The van der Waals surface area contributed by atoms with Crippen LogP contribution in [-0.4, -0.2) is 9.97 Å². The number of hydrogen-bond acceptors (Lipinski definition) is 4. The Morgan fingerprint density at radius 3 is 2.58 bits per heavy atom. The topological polar surface area (TPSA) is 51.8 Å². The number of anilines is 1. The Hall–Kier alpha value is -1.94. The van der Waals surface area contributed by atoms with E-state index in [4.69, 9.17) is 10.7 Å². The van der Waals surface area contributed by atoms with Crippen LogP contribution in [0.15, 0.2) is 42.7 Å². The van der Waals surface area contributed by atoms with Gasteiger partial charge in [0, 0.05) is 17.3 Å². The summed E-state index contributed by atoms with van der Waals surface area (Å²) in [5.74, 6) is 0. The van der Waals surface area contributed by atoms with E-state index in [2.05, 4.69) is 17.1 Å². The zero-order valence-corrected chi connectivity index (χ0v) is 11.2. The molecule has 3 nitrogen and oxygen atoms in total. The molecule has 0 spiro atoms. The molecule has 0 atom stereocenters. The molecule has 0 saturated heterocycles. The molecule has 2 N–H and O–H groups in total. The normalized spacial score (nSPS) is 16.6. The molecule has 0 radical (unpaired) electrons. The quantitative estimate of drug-likeness (QED) is 0.724. The number of pyridine rings is 1. The second-order valence-corrected chi connectivity index (χ2v) is 6.10. The van der Waals surface area contributed by atoms with Crippen LogP contribution >= 0.6 is 11.3 Å². The molecule has 0 unspecified atom stereocenters. The van der Waals surface area contributed by atoms with Gasteiger partial charge in [-0.2, -0.15) is 0 Å². The third-order valence-electron chi connectivity index (χ3n) is 3.81. The average molecular weight is 267 g/mol. The lowest BCUT2D eigenvalue weighted by Crippen LogP contribution is -2.07. The highest BCUT2D eigenvalue weighted by Gasteiger charge is 2.48. The van der Waals surface area contributed by atoms with E-state index >= 15 is 0 Å². The minimum atomic E-state index is 0.122.